The van der Waals surface area contributed by atoms with E-state index in [-0.39, 0.29) is 46.3 Å². The molecule has 0 amide bonds. The van der Waals surface area contributed by atoms with E-state index in [9.17, 15) is 40.9 Å². The van der Waals surface area contributed by atoms with Crippen LogP contribution in [0.1, 0.15) is 242 Å². The third kappa shape index (κ3) is 11.7. The minimum atomic E-state index is -0.438. The van der Waals surface area contributed by atoms with Crippen molar-refractivity contribution < 1.29 is 40.9 Å². The van der Waals surface area contributed by atoms with Gasteiger partial charge >= 0.3 is 0 Å². The molecule has 0 radical (unpaired) electrons. The highest BCUT2D eigenvalue weighted by molar-refractivity contribution is 5.61. The Morgan fingerprint density at radius 3 is 0.930 bits per heavy atom. The number of hydrogen-bond donors (Lipinski definition) is 8. The molecule has 8 aromatic carbocycles. The van der Waals surface area contributed by atoms with Crippen LogP contribution in [0.15, 0.2) is 109 Å². The summed E-state index contributed by atoms with van der Waals surface area (Å²) in [5, 5.41) is 93.4. The van der Waals surface area contributed by atoms with Gasteiger partial charge in [0.25, 0.3) is 0 Å². The minimum Gasteiger partial charge on any atom is -0.508 e. The first kappa shape index (κ1) is 59.9. The first-order valence-corrected chi connectivity index (χ1v) is 31.8. The second-order valence-corrected chi connectivity index (χ2v) is 26.5. The first-order chi connectivity index (χ1) is 41.2. The Morgan fingerprint density at radius 1 is 0.337 bits per heavy atom. The Kier molecular flexibility index (Phi) is 17.1. The molecule has 0 bridgehead atoms. The summed E-state index contributed by atoms with van der Waals surface area (Å²) >= 11 is 0. The van der Waals surface area contributed by atoms with Gasteiger partial charge in [0.2, 0.25) is 0 Å². The maximum absolute atomic E-state index is 12.8. The molecule has 3 aliphatic rings. The number of phenolic OH excluding ortho intramolecular Hbond substituents is 8. The molecule has 3 saturated carbocycles. The van der Waals surface area contributed by atoms with Gasteiger partial charge in [-0.1, -0.05) is 155 Å². The Hall–Kier alpha value is -7.84. The highest BCUT2D eigenvalue weighted by Crippen LogP contribution is 2.53. The lowest BCUT2D eigenvalue weighted by molar-refractivity contribution is 0.341. The number of aryl methyl sites for hydroxylation is 8. The number of benzene rings is 8. The van der Waals surface area contributed by atoms with Crippen molar-refractivity contribution in [3.8, 4) is 46.0 Å². The van der Waals surface area contributed by atoms with Crippen molar-refractivity contribution in [2.24, 2.45) is 0 Å². The lowest BCUT2D eigenvalue weighted by atomic mass is 9.63. The molecule has 0 aliphatic heterocycles. The summed E-state index contributed by atoms with van der Waals surface area (Å²) in [5.74, 6) is 1.45. The molecule has 0 atom stereocenters. The van der Waals surface area contributed by atoms with Crippen LogP contribution in [-0.4, -0.2) is 40.9 Å². The van der Waals surface area contributed by atoms with E-state index in [1.54, 1.807) is 12.1 Å². The molecule has 448 valence electrons. The van der Waals surface area contributed by atoms with Crippen molar-refractivity contribution in [1.82, 2.24) is 0 Å². The fourth-order valence-corrected chi connectivity index (χ4v) is 15.7. The lowest BCUT2D eigenvalue weighted by Crippen LogP contribution is -2.31. The summed E-state index contributed by atoms with van der Waals surface area (Å²) < 4.78 is 0. The van der Waals surface area contributed by atoms with E-state index in [4.69, 9.17) is 0 Å². The SMILES string of the molecule is Cc1cc(C(c2cc(C)c(O)c(C)c2)c2cc(Cc3cc(C4(c5cc(Cc6ccc(O)c(C(c7cc(C)c(O)c(C)c7)c7cc(C)c(O)c(C)c7)c6)c(O)c(C6CCCCC6)c5)CCCCC4)cc(C4CCCCC4)c3O)ccc2O)cc(C)c1O. The Bertz CT molecular complexity index is 3410. The summed E-state index contributed by atoms with van der Waals surface area (Å²) in [7, 11) is 0. The number of hydrogen-bond acceptors (Lipinski definition) is 8. The van der Waals surface area contributed by atoms with E-state index in [0.717, 1.165) is 184 Å². The molecule has 11 rings (SSSR count). The zero-order chi connectivity index (χ0) is 60.9. The summed E-state index contributed by atoms with van der Waals surface area (Å²) in [6.07, 6.45) is 16.7. The van der Waals surface area contributed by atoms with Gasteiger partial charge in [0.15, 0.2) is 0 Å². The number of aromatic hydroxyl groups is 8. The number of rotatable bonds is 14. The van der Waals surface area contributed by atoms with E-state index in [2.05, 4.69) is 36.4 Å². The fraction of sp³-hybridized carbons (Fsp3) is 0.385. The second kappa shape index (κ2) is 24.5. The van der Waals surface area contributed by atoms with Crippen LogP contribution in [0.3, 0.4) is 0 Å². The van der Waals surface area contributed by atoms with E-state index in [0.29, 0.717) is 35.5 Å². The number of phenols is 8. The minimum absolute atomic E-state index is 0.137. The topological polar surface area (TPSA) is 162 Å². The van der Waals surface area contributed by atoms with E-state index in [1.165, 1.54) is 24.0 Å². The first-order valence-electron chi connectivity index (χ1n) is 31.8. The summed E-state index contributed by atoms with van der Waals surface area (Å²) in [4.78, 5) is 0. The van der Waals surface area contributed by atoms with Crippen molar-refractivity contribution in [2.45, 2.75) is 194 Å². The molecule has 0 unspecified atom stereocenters. The smallest absolute Gasteiger partial charge is 0.122 e. The lowest BCUT2D eigenvalue weighted by Gasteiger charge is -2.41. The van der Waals surface area contributed by atoms with Gasteiger partial charge in [-0.05, 0) is 229 Å². The van der Waals surface area contributed by atoms with E-state index in [1.807, 2.05) is 116 Å². The molecular weight excluding hydrogens is 1060 g/mol. The molecule has 0 spiro atoms. The Labute approximate surface area is 509 Å². The van der Waals surface area contributed by atoms with Crippen molar-refractivity contribution in [1.29, 1.82) is 0 Å². The van der Waals surface area contributed by atoms with Crippen molar-refractivity contribution in [3.05, 3.63) is 232 Å². The van der Waals surface area contributed by atoms with Crippen molar-refractivity contribution in [3.63, 3.8) is 0 Å². The third-order valence-corrected chi connectivity index (χ3v) is 20.3. The Balaban J connectivity index is 1.05. The van der Waals surface area contributed by atoms with Gasteiger partial charge in [-0.2, -0.15) is 0 Å². The molecule has 0 saturated heterocycles. The van der Waals surface area contributed by atoms with Crippen molar-refractivity contribution >= 4 is 0 Å². The van der Waals surface area contributed by atoms with E-state index < -0.39 is 17.3 Å². The largest absolute Gasteiger partial charge is 0.508 e. The molecular formula is C78H88O8. The summed E-state index contributed by atoms with van der Waals surface area (Å²) in [5.41, 5.74) is 18.5. The Morgan fingerprint density at radius 2 is 0.628 bits per heavy atom. The summed E-state index contributed by atoms with van der Waals surface area (Å²) in [6, 6.07) is 36.8. The maximum Gasteiger partial charge on any atom is 0.122 e. The van der Waals surface area contributed by atoms with Gasteiger partial charge in [-0.15, -0.1) is 0 Å². The second-order valence-electron chi connectivity index (χ2n) is 26.5. The highest BCUT2D eigenvalue weighted by Gasteiger charge is 2.40. The van der Waals surface area contributed by atoms with Gasteiger partial charge in [0.1, 0.15) is 46.0 Å². The predicted octanol–water partition coefficient (Wildman–Crippen LogP) is 18.7. The van der Waals surface area contributed by atoms with Gasteiger partial charge in [-0.3, -0.25) is 0 Å². The van der Waals surface area contributed by atoms with Crippen LogP contribution < -0.4 is 0 Å². The zero-order valence-electron chi connectivity index (χ0n) is 51.8. The molecule has 8 heteroatoms. The fourth-order valence-electron chi connectivity index (χ4n) is 15.7. The highest BCUT2D eigenvalue weighted by atomic mass is 16.3. The van der Waals surface area contributed by atoms with Gasteiger partial charge in [0, 0.05) is 41.2 Å². The molecule has 0 heterocycles. The monoisotopic (exact) mass is 1150 g/mol. The standard InChI is InChI=1S/C78H88O8/c1-44-28-56(29-45(2)72(44)81)70(57-30-46(3)73(82)47(4)31-57)66-38-52(22-24-68(66)79)36-60-40-62(42-64(76(60)85)54-18-12-9-13-19-54)78(26-16-11-17-27-78)63-41-61(77(86)65(43-63)55-20-14-10-15-21-55)37-53-23-25-69(80)67(39-53)71(58-32-48(5)74(83)49(6)33-58)59-34-50(7)75(84)51(8)35-59/h22-25,28-35,38-43,54-55,70-71,79-86H,9-21,26-27,36-37H2,1-8H3. The zero-order valence-corrected chi connectivity index (χ0v) is 51.8. The van der Waals surface area contributed by atoms with E-state index >= 15 is 0 Å². The maximum atomic E-state index is 12.8. The molecule has 8 N–H and O–H groups in total. The molecule has 0 aromatic heterocycles. The van der Waals surface area contributed by atoms with Gasteiger partial charge < -0.3 is 40.9 Å². The molecule has 86 heavy (non-hydrogen) atoms. The van der Waals surface area contributed by atoms with Crippen LogP contribution in [0.25, 0.3) is 0 Å². The predicted molar refractivity (Wildman–Crippen MR) is 346 cm³/mol. The normalized spacial score (nSPS) is 15.9. The van der Waals surface area contributed by atoms with Gasteiger partial charge in [0.05, 0.1) is 0 Å². The average Bonchev–Trinajstić information content (AvgIpc) is 0.895. The quantitative estimate of drug-likeness (QED) is 0.0499. The van der Waals surface area contributed by atoms with Crippen LogP contribution in [0.4, 0.5) is 0 Å². The molecule has 8 nitrogen and oxygen atoms in total. The molecule has 3 aliphatic carbocycles. The van der Waals surface area contributed by atoms with Gasteiger partial charge in [-0.25, -0.2) is 0 Å². The average molecular weight is 1150 g/mol. The van der Waals surface area contributed by atoms with Crippen LogP contribution in [0.2, 0.25) is 0 Å². The van der Waals surface area contributed by atoms with Crippen LogP contribution in [0, 0.1) is 55.4 Å². The van der Waals surface area contributed by atoms with Crippen LogP contribution in [0.5, 0.6) is 46.0 Å². The van der Waals surface area contributed by atoms with Crippen LogP contribution in [-0.2, 0) is 18.3 Å². The molecule has 3 fully saturated rings. The van der Waals surface area contributed by atoms with Crippen LogP contribution >= 0.6 is 0 Å². The third-order valence-electron chi connectivity index (χ3n) is 20.3. The summed E-state index contributed by atoms with van der Waals surface area (Å²) in [6.45, 7) is 15.2. The van der Waals surface area contributed by atoms with Crippen molar-refractivity contribution in [2.75, 3.05) is 0 Å². The molecule has 8 aromatic rings.